The summed E-state index contributed by atoms with van der Waals surface area (Å²) >= 11 is 0. The van der Waals surface area contributed by atoms with Crippen LogP contribution in [0.4, 0.5) is 4.39 Å². The van der Waals surface area contributed by atoms with Gasteiger partial charge in [0.05, 0.1) is 5.71 Å². The molecule has 1 aromatic rings. The van der Waals surface area contributed by atoms with Crippen LogP contribution in [-0.2, 0) is 0 Å². The molecule has 0 amide bonds. The first-order valence-electron chi connectivity index (χ1n) is 3.21. The average molecular weight is 149 g/mol. The van der Waals surface area contributed by atoms with Gasteiger partial charge in [-0.1, -0.05) is 18.7 Å². The molecule has 1 aromatic carbocycles. The lowest BCUT2D eigenvalue weighted by molar-refractivity contribution is 0.625. The molecule has 0 unspecified atom stereocenters. The number of benzene rings is 1. The van der Waals surface area contributed by atoms with Crippen molar-refractivity contribution in [2.45, 2.75) is 0 Å². The standard InChI is InChI=1S/C9H8FN/c1-2-9(11)7-5-3-4-6-8(7)10/h2-6,11H,1H2. The van der Waals surface area contributed by atoms with E-state index in [2.05, 4.69) is 6.58 Å². The number of halogens is 1. The van der Waals surface area contributed by atoms with Crippen LogP contribution < -0.4 is 0 Å². The molecule has 1 rings (SSSR count). The predicted molar refractivity (Wildman–Crippen MR) is 43.4 cm³/mol. The molecule has 0 saturated heterocycles. The zero-order valence-electron chi connectivity index (χ0n) is 5.97. The van der Waals surface area contributed by atoms with Gasteiger partial charge in [-0.05, 0) is 18.2 Å². The van der Waals surface area contributed by atoms with Gasteiger partial charge >= 0.3 is 0 Å². The Morgan fingerprint density at radius 2 is 2.09 bits per heavy atom. The van der Waals surface area contributed by atoms with E-state index >= 15 is 0 Å². The van der Waals surface area contributed by atoms with E-state index in [4.69, 9.17) is 5.41 Å². The highest BCUT2D eigenvalue weighted by atomic mass is 19.1. The van der Waals surface area contributed by atoms with Gasteiger partial charge in [0.25, 0.3) is 0 Å². The molecule has 1 N–H and O–H groups in total. The summed E-state index contributed by atoms with van der Waals surface area (Å²) in [5.41, 5.74) is 0.408. The zero-order valence-corrected chi connectivity index (χ0v) is 5.97. The fraction of sp³-hybridized carbons (Fsp3) is 0. The van der Waals surface area contributed by atoms with Crippen LogP contribution in [0.2, 0.25) is 0 Å². The fourth-order valence-electron chi connectivity index (χ4n) is 0.790. The van der Waals surface area contributed by atoms with Gasteiger partial charge in [-0.2, -0.15) is 0 Å². The van der Waals surface area contributed by atoms with Crippen molar-refractivity contribution in [2.24, 2.45) is 0 Å². The molecule has 0 aliphatic carbocycles. The quantitative estimate of drug-likeness (QED) is 0.624. The monoisotopic (exact) mass is 149 g/mol. The lowest BCUT2D eigenvalue weighted by Crippen LogP contribution is -1.96. The van der Waals surface area contributed by atoms with Crippen molar-refractivity contribution in [2.75, 3.05) is 0 Å². The molecule has 0 spiro atoms. The van der Waals surface area contributed by atoms with Crippen LogP contribution >= 0.6 is 0 Å². The zero-order chi connectivity index (χ0) is 8.27. The molecule has 0 bridgehead atoms. The van der Waals surface area contributed by atoms with Crippen LogP contribution in [0, 0.1) is 11.2 Å². The van der Waals surface area contributed by atoms with Crippen LogP contribution in [-0.4, -0.2) is 5.71 Å². The SMILES string of the molecule is C=CC(=N)c1ccccc1F. The molecule has 0 aliphatic rings. The summed E-state index contributed by atoms with van der Waals surface area (Å²) in [6.45, 7) is 3.39. The molecule has 2 heteroatoms. The van der Waals surface area contributed by atoms with Crippen LogP contribution in [0.25, 0.3) is 0 Å². The van der Waals surface area contributed by atoms with Crippen LogP contribution in [0.5, 0.6) is 0 Å². The van der Waals surface area contributed by atoms with E-state index in [1.165, 1.54) is 12.1 Å². The Morgan fingerprint density at radius 1 is 1.45 bits per heavy atom. The predicted octanol–water partition coefficient (Wildman–Crippen LogP) is 2.38. The van der Waals surface area contributed by atoms with E-state index in [1.807, 2.05) is 0 Å². The van der Waals surface area contributed by atoms with Gasteiger partial charge in [0.15, 0.2) is 0 Å². The largest absolute Gasteiger partial charge is 0.300 e. The highest BCUT2D eigenvalue weighted by molar-refractivity contribution is 6.06. The Hall–Kier alpha value is -1.44. The first-order chi connectivity index (χ1) is 5.25. The third-order valence-corrected chi connectivity index (χ3v) is 1.37. The molecule has 0 fully saturated rings. The molecule has 56 valence electrons. The van der Waals surface area contributed by atoms with E-state index in [1.54, 1.807) is 18.2 Å². The van der Waals surface area contributed by atoms with Crippen LogP contribution in [0.1, 0.15) is 5.56 Å². The van der Waals surface area contributed by atoms with Gasteiger partial charge < -0.3 is 5.41 Å². The Bertz CT molecular complexity index is 291. The molecule has 0 aromatic heterocycles. The second-order valence-electron chi connectivity index (χ2n) is 2.10. The van der Waals surface area contributed by atoms with Gasteiger partial charge in [0, 0.05) is 5.56 Å². The normalized spacial score (nSPS) is 9.18. The molecule has 1 nitrogen and oxygen atoms in total. The Kier molecular flexibility index (Phi) is 2.16. The van der Waals surface area contributed by atoms with E-state index < -0.39 is 0 Å². The molecule has 0 aliphatic heterocycles. The number of hydrogen-bond acceptors (Lipinski definition) is 1. The summed E-state index contributed by atoms with van der Waals surface area (Å²) in [7, 11) is 0. The molecule has 0 heterocycles. The maximum Gasteiger partial charge on any atom is 0.132 e. The maximum absolute atomic E-state index is 12.8. The van der Waals surface area contributed by atoms with E-state index in [9.17, 15) is 4.39 Å². The highest BCUT2D eigenvalue weighted by Gasteiger charge is 2.01. The molecule has 0 atom stereocenters. The van der Waals surface area contributed by atoms with Crippen molar-refractivity contribution in [3.8, 4) is 0 Å². The fourth-order valence-corrected chi connectivity index (χ4v) is 0.790. The third kappa shape index (κ3) is 1.52. The first kappa shape index (κ1) is 7.66. The van der Waals surface area contributed by atoms with Gasteiger partial charge in [-0.3, -0.25) is 0 Å². The van der Waals surface area contributed by atoms with Crippen molar-refractivity contribution < 1.29 is 4.39 Å². The first-order valence-corrected chi connectivity index (χ1v) is 3.21. The molecule has 0 radical (unpaired) electrons. The number of nitrogens with one attached hydrogen (secondary N) is 1. The van der Waals surface area contributed by atoms with Crippen LogP contribution in [0.15, 0.2) is 36.9 Å². The van der Waals surface area contributed by atoms with Gasteiger partial charge in [0.1, 0.15) is 5.82 Å². The van der Waals surface area contributed by atoms with E-state index in [0.717, 1.165) is 0 Å². The molecular formula is C9H8FN. The summed E-state index contributed by atoms with van der Waals surface area (Å²) in [5.74, 6) is -0.377. The smallest absolute Gasteiger partial charge is 0.132 e. The maximum atomic E-state index is 12.8. The minimum atomic E-state index is -0.377. The molecule has 11 heavy (non-hydrogen) atoms. The van der Waals surface area contributed by atoms with Crippen LogP contribution in [0.3, 0.4) is 0 Å². The number of rotatable bonds is 2. The van der Waals surface area contributed by atoms with Crippen molar-refractivity contribution in [3.63, 3.8) is 0 Å². The van der Waals surface area contributed by atoms with Crippen molar-refractivity contribution in [3.05, 3.63) is 48.3 Å². The molecule has 0 saturated carbocycles. The Balaban J connectivity index is 3.13. The lowest BCUT2D eigenvalue weighted by atomic mass is 10.1. The Morgan fingerprint density at radius 3 is 2.64 bits per heavy atom. The number of allylic oxidation sites excluding steroid dienone is 1. The molecular weight excluding hydrogens is 141 g/mol. The minimum Gasteiger partial charge on any atom is -0.300 e. The summed E-state index contributed by atoms with van der Waals surface area (Å²) in [6, 6.07) is 6.17. The number of hydrogen-bond donors (Lipinski definition) is 1. The average Bonchev–Trinajstić information content (AvgIpc) is 2.04. The second-order valence-corrected chi connectivity index (χ2v) is 2.10. The summed E-state index contributed by atoms with van der Waals surface area (Å²) in [6.07, 6.45) is 1.32. The third-order valence-electron chi connectivity index (χ3n) is 1.37. The minimum absolute atomic E-state index is 0.114. The van der Waals surface area contributed by atoms with E-state index in [-0.39, 0.29) is 11.5 Å². The summed E-state index contributed by atoms with van der Waals surface area (Å²) in [5, 5.41) is 7.26. The highest BCUT2D eigenvalue weighted by Crippen LogP contribution is 2.06. The second kappa shape index (κ2) is 3.10. The topological polar surface area (TPSA) is 23.9 Å². The summed E-state index contributed by atoms with van der Waals surface area (Å²) < 4.78 is 12.8. The van der Waals surface area contributed by atoms with Gasteiger partial charge in [-0.25, -0.2) is 4.39 Å². The van der Waals surface area contributed by atoms with Crippen molar-refractivity contribution in [1.82, 2.24) is 0 Å². The van der Waals surface area contributed by atoms with Gasteiger partial charge in [0.2, 0.25) is 0 Å². The van der Waals surface area contributed by atoms with Crippen molar-refractivity contribution >= 4 is 5.71 Å². The Labute approximate surface area is 64.7 Å². The lowest BCUT2D eigenvalue weighted by Gasteiger charge is -1.98. The van der Waals surface area contributed by atoms with E-state index in [0.29, 0.717) is 5.56 Å². The van der Waals surface area contributed by atoms with Gasteiger partial charge in [-0.15, -0.1) is 0 Å². The summed E-state index contributed by atoms with van der Waals surface area (Å²) in [4.78, 5) is 0. The van der Waals surface area contributed by atoms with Crippen molar-refractivity contribution in [1.29, 1.82) is 5.41 Å².